The van der Waals surface area contributed by atoms with Gasteiger partial charge in [0, 0.05) is 24.0 Å². The Hall–Kier alpha value is -0.670. The Morgan fingerprint density at radius 3 is 2.67 bits per heavy atom. The molecule has 0 spiro atoms. The van der Waals surface area contributed by atoms with E-state index in [-0.39, 0.29) is 0 Å². The number of hydrogen-bond acceptors (Lipinski definition) is 3. The van der Waals surface area contributed by atoms with Gasteiger partial charge in [-0.05, 0) is 44.2 Å². The van der Waals surface area contributed by atoms with Crippen molar-refractivity contribution in [2.24, 2.45) is 0 Å². The van der Waals surface area contributed by atoms with Crippen LogP contribution in [-0.2, 0) is 0 Å². The second-order valence-electron chi connectivity index (χ2n) is 4.89. The summed E-state index contributed by atoms with van der Waals surface area (Å²) >= 11 is 1.85. The Morgan fingerprint density at radius 2 is 2.00 bits per heavy atom. The zero-order valence-electron chi connectivity index (χ0n) is 11.5. The van der Waals surface area contributed by atoms with E-state index in [1.54, 1.807) is 0 Å². The Labute approximate surface area is 115 Å². The van der Waals surface area contributed by atoms with Crippen LogP contribution in [0.25, 0.3) is 0 Å². The summed E-state index contributed by atoms with van der Waals surface area (Å²) in [6.07, 6.45) is 5.93. The normalized spacial score (nSPS) is 17.1. The van der Waals surface area contributed by atoms with Crippen LogP contribution < -0.4 is 10.2 Å². The fraction of sp³-hybridized carbons (Fsp3) is 0.600. The molecule has 0 unspecified atom stereocenters. The maximum absolute atomic E-state index is 3.64. The quantitative estimate of drug-likeness (QED) is 0.821. The largest absolute Gasteiger partial charge is 0.371 e. The molecule has 1 heterocycles. The van der Waals surface area contributed by atoms with Gasteiger partial charge < -0.3 is 10.2 Å². The number of nitrogens with one attached hydrogen (secondary N) is 1. The van der Waals surface area contributed by atoms with E-state index in [0.717, 1.165) is 12.6 Å². The van der Waals surface area contributed by atoms with Crippen molar-refractivity contribution < 1.29 is 0 Å². The molecule has 0 atom stereocenters. The van der Waals surface area contributed by atoms with E-state index >= 15 is 0 Å². The van der Waals surface area contributed by atoms with Crippen LogP contribution in [0.5, 0.6) is 0 Å². The fourth-order valence-corrected chi connectivity index (χ4v) is 3.18. The van der Waals surface area contributed by atoms with E-state index < -0.39 is 0 Å². The van der Waals surface area contributed by atoms with E-state index in [1.165, 1.54) is 42.9 Å². The van der Waals surface area contributed by atoms with E-state index in [0.29, 0.717) is 0 Å². The first-order valence-electron chi connectivity index (χ1n) is 6.96. The minimum Gasteiger partial charge on any atom is -0.371 e. The number of benzene rings is 1. The summed E-state index contributed by atoms with van der Waals surface area (Å²) in [6.45, 7) is 5.75. The van der Waals surface area contributed by atoms with Gasteiger partial charge >= 0.3 is 0 Å². The topological polar surface area (TPSA) is 15.3 Å². The zero-order chi connectivity index (χ0) is 12.8. The second-order valence-corrected chi connectivity index (χ2v) is 5.74. The van der Waals surface area contributed by atoms with E-state index in [1.807, 2.05) is 11.8 Å². The van der Waals surface area contributed by atoms with E-state index in [9.17, 15) is 0 Å². The van der Waals surface area contributed by atoms with Crippen molar-refractivity contribution in [3.8, 4) is 0 Å². The molecule has 1 aliphatic heterocycles. The minimum absolute atomic E-state index is 0.725. The standard InChI is InChI=1S/C15H24N2S/c1-3-10-16-13-8-11-17(12-9-13)14-6-4-5-7-15(14)18-2/h4-7,13,16H,3,8-12H2,1-2H3. The Morgan fingerprint density at radius 1 is 1.28 bits per heavy atom. The first-order valence-corrected chi connectivity index (χ1v) is 8.19. The van der Waals surface area contributed by atoms with Crippen molar-refractivity contribution >= 4 is 17.4 Å². The van der Waals surface area contributed by atoms with E-state index in [4.69, 9.17) is 0 Å². The molecule has 0 amide bonds. The molecule has 2 nitrogen and oxygen atoms in total. The minimum atomic E-state index is 0.725. The lowest BCUT2D eigenvalue weighted by atomic mass is 10.0. The molecule has 0 aromatic heterocycles. The van der Waals surface area contributed by atoms with Gasteiger partial charge in [0.15, 0.2) is 0 Å². The number of thioether (sulfide) groups is 1. The van der Waals surface area contributed by atoms with Crippen LogP contribution in [0.1, 0.15) is 26.2 Å². The summed E-state index contributed by atoms with van der Waals surface area (Å²) in [6, 6.07) is 9.48. The van der Waals surface area contributed by atoms with Crippen LogP contribution in [0.15, 0.2) is 29.2 Å². The van der Waals surface area contributed by atoms with Crippen molar-refractivity contribution in [3.63, 3.8) is 0 Å². The summed E-state index contributed by atoms with van der Waals surface area (Å²) in [5.74, 6) is 0. The molecular weight excluding hydrogens is 240 g/mol. The van der Waals surface area contributed by atoms with Crippen molar-refractivity contribution in [3.05, 3.63) is 24.3 Å². The molecule has 100 valence electrons. The predicted molar refractivity (Wildman–Crippen MR) is 81.8 cm³/mol. The monoisotopic (exact) mass is 264 g/mol. The first-order chi connectivity index (χ1) is 8.85. The molecule has 1 aliphatic rings. The Bertz CT molecular complexity index is 359. The molecule has 1 aromatic carbocycles. The first kappa shape index (κ1) is 13.8. The maximum Gasteiger partial charge on any atom is 0.0504 e. The lowest BCUT2D eigenvalue weighted by Crippen LogP contribution is -2.42. The van der Waals surface area contributed by atoms with Crippen molar-refractivity contribution in [2.75, 3.05) is 30.8 Å². The summed E-state index contributed by atoms with van der Waals surface area (Å²) in [5, 5.41) is 3.64. The molecule has 18 heavy (non-hydrogen) atoms. The molecule has 1 N–H and O–H groups in total. The van der Waals surface area contributed by atoms with Crippen LogP contribution in [-0.4, -0.2) is 31.9 Å². The number of anilines is 1. The van der Waals surface area contributed by atoms with Crippen molar-refractivity contribution in [1.29, 1.82) is 0 Å². The van der Waals surface area contributed by atoms with Crippen LogP contribution >= 0.6 is 11.8 Å². The van der Waals surface area contributed by atoms with Gasteiger partial charge in [0.1, 0.15) is 0 Å². The van der Waals surface area contributed by atoms with Gasteiger partial charge in [-0.1, -0.05) is 19.1 Å². The number of para-hydroxylation sites is 1. The number of rotatable bonds is 5. The van der Waals surface area contributed by atoms with Gasteiger partial charge in [-0.3, -0.25) is 0 Å². The molecule has 1 fully saturated rings. The highest BCUT2D eigenvalue weighted by Gasteiger charge is 2.19. The third-order valence-electron chi connectivity index (χ3n) is 3.60. The summed E-state index contributed by atoms with van der Waals surface area (Å²) < 4.78 is 0. The average molecular weight is 264 g/mol. The summed E-state index contributed by atoms with van der Waals surface area (Å²) in [4.78, 5) is 3.94. The van der Waals surface area contributed by atoms with Crippen molar-refractivity contribution in [2.45, 2.75) is 37.1 Å². The highest BCUT2D eigenvalue weighted by Crippen LogP contribution is 2.30. The zero-order valence-corrected chi connectivity index (χ0v) is 12.3. The highest BCUT2D eigenvalue weighted by molar-refractivity contribution is 7.98. The SMILES string of the molecule is CCCNC1CCN(c2ccccc2SC)CC1. The van der Waals surface area contributed by atoms with Crippen LogP contribution in [0, 0.1) is 0 Å². The van der Waals surface area contributed by atoms with Crippen LogP contribution in [0.4, 0.5) is 5.69 Å². The lowest BCUT2D eigenvalue weighted by Gasteiger charge is -2.35. The highest BCUT2D eigenvalue weighted by atomic mass is 32.2. The summed E-state index contributed by atoms with van der Waals surface area (Å²) in [5.41, 5.74) is 1.42. The molecule has 3 heteroatoms. The van der Waals surface area contributed by atoms with Crippen LogP contribution in [0.3, 0.4) is 0 Å². The van der Waals surface area contributed by atoms with E-state index in [2.05, 4.69) is 47.7 Å². The molecule has 1 aromatic rings. The van der Waals surface area contributed by atoms with Gasteiger partial charge in [-0.2, -0.15) is 0 Å². The number of piperidine rings is 1. The van der Waals surface area contributed by atoms with Gasteiger partial charge in [0.2, 0.25) is 0 Å². The molecule has 2 rings (SSSR count). The Balaban J connectivity index is 1.92. The number of hydrogen-bond donors (Lipinski definition) is 1. The van der Waals surface area contributed by atoms with Gasteiger partial charge in [-0.25, -0.2) is 0 Å². The maximum atomic E-state index is 3.64. The van der Waals surface area contributed by atoms with Gasteiger partial charge in [-0.15, -0.1) is 11.8 Å². The smallest absolute Gasteiger partial charge is 0.0504 e. The third kappa shape index (κ3) is 3.42. The molecule has 0 radical (unpaired) electrons. The molecule has 0 bridgehead atoms. The van der Waals surface area contributed by atoms with Crippen molar-refractivity contribution in [1.82, 2.24) is 5.32 Å². The van der Waals surface area contributed by atoms with Crippen LogP contribution in [0.2, 0.25) is 0 Å². The summed E-state index contributed by atoms with van der Waals surface area (Å²) in [7, 11) is 0. The molecular formula is C15H24N2S. The third-order valence-corrected chi connectivity index (χ3v) is 4.39. The average Bonchev–Trinajstić information content (AvgIpc) is 2.45. The predicted octanol–water partition coefficient (Wildman–Crippen LogP) is 3.38. The Kier molecular flexibility index (Phi) is 5.39. The van der Waals surface area contributed by atoms with Gasteiger partial charge in [0.05, 0.1) is 5.69 Å². The lowest BCUT2D eigenvalue weighted by molar-refractivity contribution is 0.415. The fourth-order valence-electron chi connectivity index (χ4n) is 2.56. The number of nitrogens with zero attached hydrogens (tertiary/aromatic N) is 1. The second kappa shape index (κ2) is 7.05. The van der Waals surface area contributed by atoms with Gasteiger partial charge in [0.25, 0.3) is 0 Å². The molecule has 0 aliphatic carbocycles. The molecule has 0 saturated carbocycles. The molecule has 1 saturated heterocycles.